The minimum Gasteiger partial charge on any atom is -0.296 e. The van der Waals surface area contributed by atoms with Gasteiger partial charge < -0.3 is 0 Å². The molecule has 1 aromatic heterocycles. The molecule has 0 amide bonds. The van der Waals surface area contributed by atoms with Gasteiger partial charge in [-0.25, -0.2) is 14.0 Å². The second kappa shape index (κ2) is 6.76. The first-order chi connectivity index (χ1) is 12.4. The van der Waals surface area contributed by atoms with Crippen LogP contribution in [0.1, 0.15) is 29.7 Å². The summed E-state index contributed by atoms with van der Waals surface area (Å²) in [6.45, 7) is 4.23. The predicted octanol–water partition coefficient (Wildman–Crippen LogP) is 4.49. The summed E-state index contributed by atoms with van der Waals surface area (Å²) in [6, 6.07) is 12.8. The molecule has 1 aliphatic rings. The zero-order valence-corrected chi connectivity index (χ0v) is 16.7. The number of thiazole rings is 1. The number of nitrogens with one attached hydrogen (secondary N) is 1. The zero-order valence-electron chi connectivity index (χ0n) is 15.1. The third-order valence-electron chi connectivity index (χ3n) is 5.35. The summed E-state index contributed by atoms with van der Waals surface area (Å²) >= 11 is 1.68. The van der Waals surface area contributed by atoms with Crippen molar-refractivity contribution >= 4 is 31.3 Å². The molecule has 0 bridgehead atoms. The number of fused-ring (bicyclic) bond motifs is 2. The van der Waals surface area contributed by atoms with Crippen LogP contribution in [-0.4, -0.2) is 33.4 Å². The van der Waals surface area contributed by atoms with Gasteiger partial charge in [0.1, 0.15) is 0 Å². The van der Waals surface area contributed by atoms with Crippen molar-refractivity contribution in [3.63, 3.8) is 0 Å². The van der Waals surface area contributed by atoms with Crippen molar-refractivity contribution in [3.8, 4) is 0 Å². The summed E-state index contributed by atoms with van der Waals surface area (Å²) in [5.41, 5.74) is 6.85. The molecule has 1 aliphatic heterocycles. The van der Waals surface area contributed by atoms with Crippen molar-refractivity contribution < 1.29 is 4.21 Å². The summed E-state index contributed by atoms with van der Waals surface area (Å²) in [7, 11) is -2.66. The Labute approximate surface area is 158 Å². The van der Waals surface area contributed by atoms with Gasteiger partial charge in [0.15, 0.2) is 0 Å². The lowest BCUT2D eigenvalue weighted by Gasteiger charge is -2.28. The summed E-state index contributed by atoms with van der Waals surface area (Å²) < 4.78 is 21.1. The van der Waals surface area contributed by atoms with E-state index in [-0.39, 0.29) is 0 Å². The number of aromatic nitrogens is 1. The van der Waals surface area contributed by atoms with Crippen LogP contribution in [-0.2, 0) is 22.6 Å². The highest BCUT2D eigenvalue weighted by Gasteiger charge is 2.21. The maximum atomic E-state index is 12.1. The van der Waals surface area contributed by atoms with Crippen LogP contribution in [0.2, 0.25) is 0 Å². The average molecular weight is 386 g/mol. The van der Waals surface area contributed by atoms with Crippen molar-refractivity contribution in [2.24, 2.45) is 0 Å². The summed E-state index contributed by atoms with van der Waals surface area (Å²) in [5, 5.41) is 0. The number of hydrogen-bond donors (Lipinski definition) is 1. The molecule has 0 saturated carbocycles. The molecule has 2 atom stereocenters. The van der Waals surface area contributed by atoms with E-state index < -0.39 is 9.73 Å². The summed E-state index contributed by atoms with van der Waals surface area (Å²) in [4.78, 5) is 7.60. The van der Waals surface area contributed by atoms with Gasteiger partial charge in [-0.1, -0.05) is 12.1 Å². The quantitative estimate of drug-likeness (QED) is 0.722. The molecule has 2 aromatic carbocycles. The van der Waals surface area contributed by atoms with Gasteiger partial charge in [-0.2, -0.15) is 0 Å². The van der Waals surface area contributed by atoms with E-state index in [1.54, 1.807) is 11.3 Å². The van der Waals surface area contributed by atoms with Gasteiger partial charge in [-0.15, -0.1) is 11.3 Å². The Bertz CT molecular complexity index is 1060. The molecule has 6 heteroatoms. The van der Waals surface area contributed by atoms with Crippen molar-refractivity contribution in [1.29, 1.82) is 4.78 Å². The topological polar surface area (TPSA) is 57.1 Å². The second-order valence-corrected chi connectivity index (χ2v) is 10.1. The van der Waals surface area contributed by atoms with Crippen LogP contribution in [0.3, 0.4) is 0 Å². The molecule has 2 heterocycles. The van der Waals surface area contributed by atoms with E-state index >= 15 is 0 Å². The fourth-order valence-corrected chi connectivity index (χ4v) is 5.05. The maximum Gasteiger partial charge on any atom is 0.0815 e. The lowest BCUT2D eigenvalue weighted by Crippen LogP contribution is -2.29. The van der Waals surface area contributed by atoms with E-state index in [9.17, 15) is 4.21 Å². The van der Waals surface area contributed by atoms with Crippen molar-refractivity contribution in [2.75, 3.05) is 19.3 Å². The van der Waals surface area contributed by atoms with E-state index in [4.69, 9.17) is 4.78 Å². The van der Waals surface area contributed by atoms with E-state index in [1.807, 2.05) is 17.6 Å². The van der Waals surface area contributed by atoms with E-state index in [0.717, 1.165) is 31.4 Å². The smallest absolute Gasteiger partial charge is 0.0815 e. The van der Waals surface area contributed by atoms with Crippen molar-refractivity contribution in [3.05, 3.63) is 58.6 Å². The molecule has 136 valence electrons. The molecular formula is C20H23N3OS2. The monoisotopic (exact) mass is 385 g/mol. The Kier molecular flexibility index (Phi) is 4.59. The Morgan fingerprint density at radius 2 is 1.92 bits per heavy atom. The minimum absolute atomic E-state index is 0.335. The maximum absolute atomic E-state index is 12.1. The summed E-state index contributed by atoms with van der Waals surface area (Å²) in [5.74, 6) is 0. The number of nitrogens with zero attached hydrogens (tertiary/aromatic N) is 2. The van der Waals surface area contributed by atoms with Gasteiger partial charge in [-0.05, 0) is 60.7 Å². The zero-order chi connectivity index (χ0) is 18.3. The number of rotatable bonds is 3. The number of hydrogen-bond acceptors (Lipinski definition) is 5. The molecule has 26 heavy (non-hydrogen) atoms. The molecule has 0 fully saturated rings. The highest BCUT2D eigenvalue weighted by atomic mass is 32.2. The fraction of sp³-hybridized carbons (Fsp3) is 0.350. The molecular weight excluding hydrogens is 362 g/mol. The Hall–Kier alpha value is -1.76. The van der Waals surface area contributed by atoms with Gasteiger partial charge in [0.25, 0.3) is 0 Å². The third kappa shape index (κ3) is 3.41. The molecule has 2 unspecified atom stereocenters. The molecule has 0 aliphatic carbocycles. The first-order valence-electron chi connectivity index (χ1n) is 8.84. The van der Waals surface area contributed by atoms with Gasteiger partial charge in [-0.3, -0.25) is 4.90 Å². The van der Waals surface area contributed by atoms with Crippen LogP contribution in [0.5, 0.6) is 0 Å². The third-order valence-corrected chi connectivity index (χ3v) is 7.31. The second-order valence-electron chi connectivity index (χ2n) is 7.07. The predicted molar refractivity (Wildman–Crippen MR) is 109 cm³/mol. The van der Waals surface area contributed by atoms with E-state index in [0.29, 0.717) is 10.9 Å². The lowest BCUT2D eigenvalue weighted by atomic mass is 10.0. The Balaban J connectivity index is 1.56. The molecule has 3 aromatic rings. The van der Waals surface area contributed by atoms with Gasteiger partial charge in [0.05, 0.1) is 25.5 Å². The standard InChI is InChI=1S/C20H23N3OS2/c1-14(16-4-6-20-19(12-16)22-13-25-20)23-9-7-15-3-5-18(26(2,21)24)11-17(15)8-10-23/h3-6,11-14,21H,7-10H2,1-2H3. The molecule has 0 saturated heterocycles. The van der Waals surface area contributed by atoms with Crippen LogP contribution in [0.15, 0.2) is 46.8 Å². The van der Waals surface area contributed by atoms with Crippen LogP contribution < -0.4 is 0 Å². The molecule has 4 nitrogen and oxygen atoms in total. The van der Waals surface area contributed by atoms with Crippen LogP contribution in [0, 0.1) is 4.78 Å². The van der Waals surface area contributed by atoms with Gasteiger partial charge in [0, 0.05) is 30.3 Å². The van der Waals surface area contributed by atoms with E-state index in [2.05, 4.69) is 41.1 Å². The molecule has 0 spiro atoms. The normalized spacial score (nSPS) is 18.8. The van der Waals surface area contributed by atoms with Crippen LogP contribution in [0.25, 0.3) is 10.2 Å². The van der Waals surface area contributed by atoms with Crippen molar-refractivity contribution in [2.45, 2.75) is 30.7 Å². The average Bonchev–Trinajstić information content (AvgIpc) is 2.98. The Morgan fingerprint density at radius 1 is 1.15 bits per heavy atom. The minimum atomic E-state index is -2.66. The van der Waals surface area contributed by atoms with Crippen LogP contribution >= 0.6 is 11.3 Å². The van der Waals surface area contributed by atoms with E-state index in [1.165, 1.54) is 27.6 Å². The molecule has 0 radical (unpaired) electrons. The highest BCUT2D eigenvalue weighted by Crippen LogP contribution is 2.28. The van der Waals surface area contributed by atoms with Crippen molar-refractivity contribution in [1.82, 2.24) is 9.88 Å². The SMILES string of the molecule is CC(c1ccc2scnc2c1)N1CCc2ccc(S(C)(=N)=O)cc2CC1. The fourth-order valence-electron chi connectivity index (χ4n) is 3.69. The number of benzene rings is 2. The summed E-state index contributed by atoms with van der Waals surface area (Å²) in [6.07, 6.45) is 3.41. The van der Waals surface area contributed by atoms with Crippen LogP contribution in [0.4, 0.5) is 0 Å². The molecule has 4 rings (SSSR count). The largest absolute Gasteiger partial charge is 0.296 e. The molecule has 1 N–H and O–H groups in total. The highest BCUT2D eigenvalue weighted by molar-refractivity contribution is 7.91. The first-order valence-corrected chi connectivity index (χ1v) is 11.7. The van der Waals surface area contributed by atoms with Gasteiger partial charge in [0.2, 0.25) is 0 Å². The Morgan fingerprint density at radius 3 is 2.69 bits per heavy atom. The lowest BCUT2D eigenvalue weighted by molar-refractivity contribution is 0.221. The first kappa shape index (κ1) is 17.6. The van der Waals surface area contributed by atoms with Gasteiger partial charge >= 0.3 is 0 Å².